The lowest BCUT2D eigenvalue weighted by Gasteiger charge is -2.15. The van der Waals surface area contributed by atoms with E-state index in [1.54, 1.807) is 0 Å². The molecule has 1 aromatic carbocycles. The Morgan fingerprint density at radius 2 is 2.11 bits per heavy atom. The van der Waals surface area contributed by atoms with Crippen molar-refractivity contribution in [3.63, 3.8) is 0 Å². The van der Waals surface area contributed by atoms with Crippen LogP contribution in [0.3, 0.4) is 0 Å². The highest BCUT2D eigenvalue weighted by atomic mass is 16.5. The Morgan fingerprint density at radius 1 is 1.33 bits per heavy atom. The Balaban J connectivity index is 1.62. The lowest BCUT2D eigenvalue weighted by atomic mass is 10.1. The number of benzene rings is 1. The number of hydrogen-bond donors (Lipinski definition) is 1. The van der Waals surface area contributed by atoms with Gasteiger partial charge >= 0.3 is 5.97 Å². The number of fused-ring (bicyclic) bond motifs is 1. The van der Waals surface area contributed by atoms with Gasteiger partial charge < -0.3 is 10.1 Å². The van der Waals surface area contributed by atoms with Crippen LogP contribution >= 0.6 is 0 Å². The standard InChI is InChI=1S/C15H19NO2/c1-2-18-15(17)10-3-6-12(7-4-10)16-14-8-5-11-9-13(11)14/h3-4,6-7,11,13-14,16H,2,5,8-9H2,1H3. The first-order valence-electron chi connectivity index (χ1n) is 6.81. The molecule has 3 rings (SSSR count). The Kier molecular flexibility index (Phi) is 2.98. The van der Waals surface area contributed by atoms with Crippen LogP contribution < -0.4 is 5.32 Å². The van der Waals surface area contributed by atoms with Crippen LogP contribution in [0.25, 0.3) is 0 Å². The van der Waals surface area contributed by atoms with Crippen LogP contribution in [0.15, 0.2) is 24.3 Å². The molecule has 2 aliphatic rings. The van der Waals surface area contributed by atoms with Crippen LogP contribution in [0.1, 0.15) is 36.5 Å². The van der Waals surface area contributed by atoms with Gasteiger partial charge in [-0.1, -0.05) is 0 Å². The normalized spacial score (nSPS) is 28.6. The smallest absolute Gasteiger partial charge is 0.338 e. The molecule has 96 valence electrons. The van der Waals surface area contributed by atoms with E-state index in [2.05, 4.69) is 5.32 Å². The minimum atomic E-state index is -0.243. The van der Waals surface area contributed by atoms with Crippen molar-refractivity contribution >= 4 is 11.7 Å². The van der Waals surface area contributed by atoms with Crippen LogP contribution in [0.4, 0.5) is 5.69 Å². The Labute approximate surface area is 108 Å². The summed E-state index contributed by atoms with van der Waals surface area (Å²) in [7, 11) is 0. The van der Waals surface area contributed by atoms with Crippen LogP contribution in [-0.4, -0.2) is 18.6 Å². The van der Waals surface area contributed by atoms with Crippen molar-refractivity contribution in [2.75, 3.05) is 11.9 Å². The molecule has 0 radical (unpaired) electrons. The van der Waals surface area contributed by atoms with Crippen molar-refractivity contribution in [2.45, 2.75) is 32.2 Å². The quantitative estimate of drug-likeness (QED) is 0.828. The molecule has 3 nitrogen and oxygen atoms in total. The molecule has 0 heterocycles. The lowest BCUT2D eigenvalue weighted by molar-refractivity contribution is 0.0526. The molecule has 0 saturated heterocycles. The van der Waals surface area contributed by atoms with Gasteiger partial charge in [-0.2, -0.15) is 0 Å². The zero-order valence-electron chi connectivity index (χ0n) is 10.7. The topological polar surface area (TPSA) is 38.3 Å². The van der Waals surface area contributed by atoms with Gasteiger partial charge in [0.05, 0.1) is 12.2 Å². The number of nitrogens with one attached hydrogen (secondary N) is 1. The fraction of sp³-hybridized carbons (Fsp3) is 0.533. The van der Waals surface area contributed by atoms with Crippen molar-refractivity contribution in [2.24, 2.45) is 11.8 Å². The minimum absolute atomic E-state index is 0.243. The zero-order valence-corrected chi connectivity index (χ0v) is 10.7. The second-order valence-corrected chi connectivity index (χ2v) is 5.29. The number of hydrogen-bond acceptors (Lipinski definition) is 3. The van der Waals surface area contributed by atoms with Gasteiger partial charge in [0.1, 0.15) is 0 Å². The molecule has 0 aromatic heterocycles. The van der Waals surface area contributed by atoms with E-state index in [9.17, 15) is 4.79 Å². The maximum Gasteiger partial charge on any atom is 0.338 e. The molecule has 0 spiro atoms. The SMILES string of the molecule is CCOC(=O)c1ccc(NC2CCC3CC32)cc1. The second-order valence-electron chi connectivity index (χ2n) is 5.29. The summed E-state index contributed by atoms with van der Waals surface area (Å²) in [5.41, 5.74) is 1.73. The monoisotopic (exact) mass is 245 g/mol. The number of carbonyl (C=O) groups excluding carboxylic acids is 1. The summed E-state index contributed by atoms with van der Waals surface area (Å²) >= 11 is 0. The molecule has 0 bridgehead atoms. The molecule has 1 aromatic rings. The predicted octanol–water partition coefficient (Wildman–Crippen LogP) is 3.07. The Bertz CT molecular complexity index is 440. The molecule has 3 heteroatoms. The van der Waals surface area contributed by atoms with E-state index < -0.39 is 0 Å². The fourth-order valence-corrected chi connectivity index (χ4v) is 3.01. The highest BCUT2D eigenvalue weighted by molar-refractivity contribution is 5.89. The summed E-state index contributed by atoms with van der Waals surface area (Å²) in [5, 5.41) is 3.58. The summed E-state index contributed by atoms with van der Waals surface area (Å²) in [6, 6.07) is 8.26. The number of carbonyl (C=O) groups is 1. The first-order chi connectivity index (χ1) is 8.78. The van der Waals surface area contributed by atoms with Gasteiger partial charge in [0.2, 0.25) is 0 Å². The summed E-state index contributed by atoms with van der Waals surface area (Å²) in [6.07, 6.45) is 4.07. The number of rotatable bonds is 4. The number of esters is 1. The first-order valence-corrected chi connectivity index (χ1v) is 6.81. The summed E-state index contributed by atoms with van der Waals surface area (Å²) < 4.78 is 4.97. The highest BCUT2D eigenvalue weighted by Gasteiger charge is 2.47. The summed E-state index contributed by atoms with van der Waals surface area (Å²) in [6.45, 7) is 2.24. The molecule has 3 atom stereocenters. The van der Waals surface area contributed by atoms with Crippen LogP contribution in [-0.2, 0) is 4.74 Å². The molecule has 2 saturated carbocycles. The van der Waals surface area contributed by atoms with Gasteiger partial charge in [0.25, 0.3) is 0 Å². The molecule has 2 fully saturated rings. The molecule has 0 aliphatic heterocycles. The predicted molar refractivity (Wildman–Crippen MR) is 70.6 cm³/mol. The van der Waals surface area contributed by atoms with E-state index >= 15 is 0 Å². The lowest BCUT2D eigenvalue weighted by Crippen LogP contribution is -2.18. The van der Waals surface area contributed by atoms with E-state index in [0.717, 1.165) is 17.5 Å². The molecular weight excluding hydrogens is 226 g/mol. The van der Waals surface area contributed by atoms with Crippen molar-refractivity contribution in [1.82, 2.24) is 0 Å². The van der Waals surface area contributed by atoms with Gasteiger partial charge in [-0.3, -0.25) is 0 Å². The van der Waals surface area contributed by atoms with Crippen molar-refractivity contribution in [1.29, 1.82) is 0 Å². The summed E-state index contributed by atoms with van der Waals surface area (Å²) in [4.78, 5) is 11.5. The maximum atomic E-state index is 11.5. The Hall–Kier alpha value is -1.51. The Morgan fingerprint density at radius 3 is 2.67 bits per heavy atom. The third-order valence-corrected chi connectivity index (χ3v) is 4.09. The van der Waals surface area contributed by atoms with Crippen LogP contribution in [0.2, 0.25) is 0 Å². The van der Waals surface area contributed by atoms with E-state index in [1.807, 2.05) is 31.2 Å². The molecular formula is C15H19NO2. The number of anilines is 1. The molecule has 1 N–H and O–H groups in total. The third-order valence-electron chi connectivity index (χ3n) is 4.09. The average Bonchev–Trinajstić information content (AvgIpc) is 3.07. The largest absolute Gasteiger partial charge is 0.462 e. The van der Waals surface area contributed by atoms with Gasteiger partial charge in [0, 0.05) is 11.7 Å². The van der Waals surface area contributed by atoms with Crippen LogP contribution in [0, 0.1) is 11.8 Å². The third kappa shape index (κ3) is 2.22. The van der Waals surface area contributed by atoms with Gasteiger partial charge in [-0.05, 0) is 62.3 Å². The van der Waals surface area contributed by atoms with E-state index in [4.69, 9.17) is 4.74 Å². The molecule has 0 amide bonds. The number of ether oxygens (including phenoxy) is 1. The molecule has 18 heavy (non-hydrogen) atoms. The van der Waals surface area contributed by atoms with Gasteiger partial charge in [-0.15, -0.1) is 0 Å². The highest BCUT2D eigenvalue weighted by Crippen LogP contribution is 2.52. The van der Waals surface area contributed by atoms with E-state index in [-0.39, 0.29) is 5.97 Å². The van der Waals surface area contributed by atoms with Crippen LogP contribution in [0.5, 0.6) is 0 Å². The van der Waals surface area contributed by atoms with E-state index in [1.165, 1.54) is 19.3 Å². The summed E-state index contributed by atoms with van der Waals surface area (Å²) in [5.74, 6) is 1.64. The second kappa shape index (κ2) is 4.63. The molecule has 3 unspecified atom stereocenters. The first kappa shape index (κ1) is 11.6. The average molecular weight is 245 g/mol. The van der Waals surface area contributed by atoms with Gasteiger partial charge in [-0.25, -0.2) is 4.79 Å². The minimum Gasteiger partial charge on any atom is -0.462 e. The van der Waals surface area contributed by atoms with E-state index in [0.29, 0.717) is 18.2 Å². The molecule has 2 aliphatic carbocycles. The van der Waals surface area contributed by atoms with Crippen molar-refractivity contribution in [3.05, 3.63) is 29.8 Å². The van der Waals surface area contributed by atoms with Crippen molar-refractivity contribution in [3.8, 4) is 0 Å². The van der Waals surface area contributed by atoms with Gasteiger partial charge in [0.15, 0.2) is 0 Å². The maximum absolute atomic E-state index is 11.5. The zero-order chi connectivity index (χ0) is 12.5. The fourth-order valence-electron chi connectivity index (χ4n) is 3.01. The van der Waals surface area contributed by atoms with Crippen molar-refractivity contribution < 1.29 is 9.53 Å².